The van der Waals surface area contributed by atoms with Crippen molar-refractivity contribution in [1.29, 1.82) is 5.26 Å². The van der Waals surface area contributed by atoms with Crippen LogP contribution in [0.5, 0.6) is 0 Å². The number of ketones is 1. The van der Waals surface area contributed by atoms with Gasteiger partial charge < -0.3 is 0 Å². The topological polar surface area (TPSA) is 40.9 Å². The van der Waals surface area contributed by atoms with E-state index in [2.05, 4.69) is 15.9 Å². The van der Waals surface area contributed by atoms with Crippen molar-refractivity contribution < 1.29 is 4.79 Å². The molecule has 0 aliphatic carbocycles. The first-order valence-corrected chi connectivity index (χ1v) is 7.58. The number of hydrogen-bond donors (Lipinski definition) is 0. The number of nitriles is 1. The fourth-order valence-corrected chi connectivity index (χ4v) is 3.03. The zero-order valence-electron chi connectivity index (χ0n) is 9.36. The molecule has 6 heteroatoms. The third-order valence-corrected chi connectivity index (χ3v) is 4.76. The Bertz CT molecular complexity index is 678. The Kier molecular flexibility index (Phi) is 4.64. The first kappa shape index (κ1) is 14.5. The van der Waals surface area contributed by atoms with Crippen LogP contribution >= 0.6 is 50.5 Å². The largest absolute Gasteiger partial charge is 0.292 e. The molecule has 0 saturated carbocycles. The zero-order chi connectivity index (χ0) is 14.0. The molecule has 96 valence electrons. The summed E-state index contributed by atoms with van der Waals surface area (Å²) in [5, 5.41) is 11.7. The predicted molar refractivity (Wildman–Crippen MR) is 81.2 cm³/mol. The van der Waals surface area contributed by atoms with Crippen molar-refractivity contribution in [1.82, 2.24) is 0 Å². The molecule has 1 atom stereocenters. The highest BCUT2D eigenvalue weighted by atomic mass is 79.9. The quantitative estimate of drug-likeness (QED) is 0.683. The van der Waals surface area contributed by atoms with Crippen molar-refractivity contribution in [2.45, 2.75) is 5.92 Å². The number of thiophene rings is 1. The van der Waals surface area contributed by atoms with Gasteiger partial charge in [-0.25, -0.2) is 0 Å². The Hall–Kier alpha value is -0.860. The second-order valence-electron chi connectivity index (χ2n) is 3.74. The minimum atomic E-state index is -0.878. The van der Waals surface area contributed by atoms with Crippen molar-refractivity contribution in [2.75, 3.05) is 0 Å². The Morgan fingerprint density at radius 2 is 2.05 bits per heavy atom. The van der Waals surface area contributed by atoms with E-state index in [-0.39, 0.29) is 5.78 Å². The summed E-state index contributed by atoms with van der Waals surface area (Å²) in [6, 6.07) is 8.49. The van der Waals surface area contributed by atoms with Gasteiger partial charge in [0.15, 0.2) is 5.78 Å². The molecule has 0 saturated heterocycles. The molecule has 0 spiro atoms. The molecule has 1 heterocycles. The SMILES string of the molecule is N#CC(C(=O)c1csc(Br)c1)c1ccc(Cl)c(Cl)c1. The van der Waals surface area contributed by atoms with Gasteiger partial charge in [0, 0.05) is 10.9 Å². The molecule has 0 radical (unpaired) electrons. The molecule has 0 aliphatic rings. The van der Waals surface area contributed by atoms with Gasteiger partial charge in [0.25, 0.3) is 0 Å². The van der Waals surface area contributed by atoms with Crippen LogP contribution in [0.25, 0.3) is 0 Å². The summed E-state index contributed by atoms with van der Waals surface area (Å²) in [6.45, 7) is 0. The highest BCUT2D eigenvalue weighted by molar-refractivity contribution is 9.11. The third kappa shape index (κ3) is 3.18. The number of carbonyl (C=O) groups excluding carboxylic acids is 1. The van der Waals surface area contributed by atoms with Crippen LogP contribution in [-0.2, 0) is 0 Å². The average Bonchev–Trinajstić information content (AvgIpc) is 2.81. The summed E-state index contributed by atoms with van der Waals surface area (Å²) >= 11 is 16.4. The van der Waals surface area contributed by atoms with E-state index in [1.165, 1.54) is 11.3 Å². The van der Waals surface area contributed by atoms with E-state index in [0.29, 0.717) is 21.2 Å². The highest BCUT2D eigenvalue weighted by Crippen LogP contribution is 2.30. The molecule has 0 aliphatic heterocycles. The van der Waals surface area contributed by atoms with Crippen molar-refractivity contribution >= 4 is 56.3 Å². The van der Waals surface area contributed by atoms with Crippen molar-refractivity contribution in [3.05, 3.63) is 54.6 Å². The summed E-state index contributed by atoms with van der Waals surface area (Å²) in [5.74, 6) is -1.13. The molecule has 1 aromatic heterocycles. The first-order valence-electron chi connectivity index (χ1n) is 5.15. The summed E-state index contributed by atoms with van der Waals surface area (Å²) < 4.78 is 0.849. The van der Waals surface area contributed by atoms with Crippen molar-refractivity contribution in [2.24, 2.45) is 0 Å². The lowest BCUT2D eigenvalue weighted by Gasteiger charge is -2.08. The van der Waals surface area contributed by atoms with Crippen molar-refractivity contribution in [3.63, 3.8) is 0 Å². The van der Waals surface area contributed by atoms with E-state index in [1.807, 2.05) is 6.07 Å². The van der Waals surface area contributed by atoms with Crippen LogP contribution in [0.1, 0.15) is 21.8 Å². The molecule has 2 rings (SSSR count). The summed E-state index contributed by atoms with van der Waals surface area (Å²) in [4.78, 5) is 12.3. The molecule has 0 N–H and O–H groups in total. The maximum absolute atomic E-state index is 12.3. The van der Waals surface area contributed by atoms with Gasteiger partial charge >= 0.3 is 0 Å². The molecule has 1 aromatic carbocycles. The molecular formula is C13H6BrCl2NOS. The van der Waals surface area contributed by atoms with Crippen LogP contribution in [0.2, 0.25) is 10.0 Å². The molecule has 2 nitrogen and oxygen atoms in total. The Morgan fingerprint density at radius 3 is 2.58 bits per heavy atom. The normalized spacial score (nSPS) is 11.9. The van der Waals surface area contributed by atoms with Crippen LogP contribution < -0.4 is 0 Å². The van der Waals surface area contributed by atoms with Crippen LogP contribution in [0.15, 0.2) is 33.4 Å². The van der Waals surface area contributed by atoms with Crippen LogP contribution in [0.3, 0.4) is 0 Å². The predicted octanol–water partition coefficient (Wildman–Crippen LogP) is 5.31. The van der Waals surface area contributed by atoms with Crippen molar-refractivity contribution in [3.8, 4) is 6.07 Å². The number of nitrogens with zero attached hydrogens (tertiary/aromatic N) is 1. The zero-order valence-corrected chi connectivity index (χ0v) is 13.3. The van der Waals surface area contributed by atoms with E-state index in [4.69, 9.17) is 23.2 Å². The smallest absolute Gasteiger partial charge is 0.185 e. The second kappa shape index (κ2) is 6.06. The van der Waals surface area contributed by atoms with E-state index in [1.54, 1.807) is 29.6 Å². The maximum atomic E-state index is 12.3. The maximum Gasteiger partial charge on any atom is 0.185 e. The van der Waals surface area contributed by atoms with Crippen LogP contribution in [0, 0.1) is 11.3 Å². The van der Waals surface area contributed by atoms with Gasteiger partial charge in [-0.05, 0) is 39.7 Å². The first-order chi connectivity index (χ1) is 9.02. The van der Waals surface area contributed by atoms with Gasteiger partial charge in [-0.1, -0.05) is 29.3 Å². The fourth-order valence-electron chi connectivity index (χ4n) is 1.58. The third-order valence-electron chi connectivity index (χ3n) is 2.52. The number of Topliss-reactive ketones (excluding diaryl/α,β-unsaturated/α-hetero) is 1. The second-order valence-corrected chi connectivity index (χ2v) is 6.84. The molecular weight excluding hydrogens is 369 g/mol. The number of carbonyl (C=O) groups is 1. The number of benzene rings is 1. The lowest BCUT2D eigenvalue weighted by molar-refractivity contribution is 0.0979. The van der Waals surface area contributed by atoms with E-state index < -0.39 is 5.92 Å². The van der Waals surface area contributed by atoms with Gasteiger partial charge in [-0.2, -0.15) is 5.26 Å². The average molecular weight is 375 g/mol. The van der Waals surface area contributed by atoms with Gasteiger partial charge in [0.05, 0.1) is 19.9 Å². The monoisotopic (exact) mass is 373 g/mol. The standard InChI is InChI=1S/C13H6BrCl2NOS/c14-12-4-8(6-19-12)13(18)9(5-17)7-1-2-10(15)11(16)3-7/h1-4,6,9H. The van der Waals surface area contributed by atoms with E-state index in [0.717, 1.165) is 3.79 Å². The highest BCUT2D eigenvalue weighted by Gasteiger charge is 2.23. The van der Waals surface area contributed by atoms with Gasteiger partial charge in [-0.15, -0.1) is 11.3 Å². The number of halogens is 3. The number of hydrogen-bond acceptors (Lipinski definition) is 3. The Morgan fingerprint density at radius 1 is 1.32 bits per heavy atom. The van der Waals surface area contributed by atoms with Gasteiger partial charge in [0.2, 0.25) is 0 Å². The fraction of sp³-hybridized carbons (Fsp3) is 0.0769. The van der Waals surface area contributed by atoms with Gasteiger partial charge in [-0.3, -0.25) is 4.79 Å². The molecule has 1 unspecified atom stereocenters. The molecule has 2 aromatic rings. The lowest BCUT2D eigenvalue weighted by atomic mass is 9.93. The minimum Gasteiger partial charge on any atom is -0.292 e. The van der Waals surface area contributed by atoms with Crippen LogP contribution in [0.4, 0.5) is 0 Å². The minimum absolute atomic E-state index is 0.247. The molecule has 0 bridgehead atoms. The molecule has 0 amide bonds. The molecule has 19 heavy (non-hydrogen) atoms. The Balaban J connectivity index is 2.37. The number of rotatable bonds is 3. The molecule has 0 fully saturated rings. The summed E-state index contributed by atoms with van der Waals surface area (Å²) in [5.41, 5.74) is 1.05. The summed E-state index contributed by atoms with van der Waals surface area (Å²) in [6.07, 6.45) is 0. The summed E-state index contributed by atoms with van der Waals surface area (Å²) in [7, 11) is 0. The van der Waals surface area contributed by atoms with Gasteiger partial charge in [0.1, 0.15) is 5.92 Å². The van der Waals surface area contributed by atoms with E-state index >= 15 is 0 Å². The van der Waals surface area contributed by atoms with Crippen LogP contribution in [-0.4, -0.2) is 5.78 Å². The van der Waals surface area contributed by atoms with E-state index in [9.17, 15) is 10.1 Å². The Labute approximate surface area is 132 Å². The lowest BCUT2D eigenvalue weighted by Crippen LogP contribution is -2.10.